The van der Waals surface area contributed by atoms with Crippen molar-refractivity contribution in [3.8, 4) is 0 Å². The molecule has 0 saturated heterocycles. The van der Waals surface area contributed by atoms with E-state index in [9.17, 15) is 4.79 Å². The van der Waals surface area contributed by atoms with Gasteiger partial charge < -0.3 is 9.30 Å². The molecule has 0 saturated carbocycles. The van der Waals surface area contributed by atoms with Gasteiger partial charge in [0.2, 0.25) is 0 Å². The zero-order valence-electron chi connectivity index (χ0n) is 15.2. The third kappa shape index (κ3) is 3.91. The fourth-order valence-electron chi connectivity index (χ4n) is 3.01. The zero-order valence-corrected chi connectivity index (χ0v) is 15.9. The number of carbonyl (C=O) groups is 1. The highest BCUT2D eigenvalue weighted by Gasteiger charge is 2.15. The van der Waals surface area contributed by atoms with Crippen LogP contribution in [-0.2, 0) is 17.7 Å². The van der Waals surface area contributed by atoms with E-state index in [2.05, 4.69) is 11.5 Å². The number of unbranched alkanes of at least 4 members (excludes halogenated alkanes) is 1. The lowest BCUT2D eigenvalue weighted by molar-refractivity contribution is 0.0526. The molecule has 3 aromatic rings. The normalized spacial score (nSPS) is 11.0. The van der Waals surface area contributed by atoms with Crippen LogP contribution in [0.15, 0.2) is 42.5 Å². The van der Waals surface area contributed by atoms with Gasteiger partial charge in [0.15, 0.2) is 0 Å². The third-order valence-corrected chi connectivity index (χ3v) is 4.75. The molecular formula is C21H23ClN2O2. The van der Waals surface area contributed by atoms with Crippen LogP contribution < -0.4 is 0 Å². The minimum atomic E-state index is -0.310. The highest BCUT2D eigenvalue weighted by molar-refractivity contribution is 6.31. The number of aromatic nitrogens is 2. The van der Waals surface area contributed by atoms with Gasteiger partial charge in [-0.3, -0.25) is 0 Å². The third-order valence-electron chi connectivity index (χ3n) is 4.38. The lowest BCUT2D eigenvalue weighted by Crippen LogP contribution is -2.07. The number of nitrogens with zero attached hydrogens (tertiary/aromatic N) is 2. The Balaban J connectivity index is 2.07. The van der Waals surface area contributed by atoms with E-state index in [4.69, 9.17) is 21.3 Å². The second kappa shape index (κ2) is 8.37. The maximum absolute atomic E-state index is 12.1. The quantitative estimate of drug-likeness (QED) is 0.533. The van der Waals surface area contributed by atoms with Gasteiger partial charge in [0.05, 0.1) is 29.7 Å². The summed E-state index contributed by atoms with van der Waals surface area (Å²) in [4.78, 5) is 16.9. The van der Waals surface area contributed by atoms with Crippen LogP contribution in [0, 0.1) is 0 Å². The van der Waals surface area contributed by atoms with Crippen molar-refractivity contribution in [3.63, 3.8) is 0 Å². The van der Waals surface area contributed by atoms with Gasteiger partial charge in [0.1, 0.15) is 5.82 Å². The molecule has 1 heterocycles. The molecule has 3 rings (SSSR count). The van der Waals surface area contributed by atoms with Crippen molar-refractivity contribution in [1.29, 1.82) is 0 Å². The first-order valence-electron chi connectivity index (χ1n) is 9.03. The van der Waals surface area contributed by atoms with Crippen LogP contribution in [0.4, 0.5) is 0 Å². The van der Waals surface area contributed by atoms with Gasteiger partial charge in [-0.2, -0.15) is 0 Å². The summed E-state index contributed by atoms with van der Waals surface area (Å²) < 4.78 is 7.30. The van der Waals surface area contributed by atoms with Crippen LogP contribution in [0.2, 0.25) is 5.02 Å². The van der Waals surface area contributed by atoms with Crippen molar-refractivity contribution in [3.05, 3.63) is 64.4 Å². The van der Waals surface area contributed by atoms with E-state index in [-0.39, 0.29) is 5.97 Å². The van der Waals surface area contributed by atoms with Crippen molar-refractivity contribution in [2.75, 3.05) is 6.61 Å². The van der Waals surface area contributed by atoms with Gasteiger partial charge in [-0.15, -0.1) is 0 Å². The Hall–Kier alpha value is -2.33. The number of esters is 1. The summed E-state index contributed by atoms with van der Waals surface area (Å²) in [5, 5.41) is 0.734. The Bertz CT molecular complexity index is 918. The van der Waals surface area contributed by atoms with Crippen molar-refractivity contribution < 1.29 is 9.53 Å². The molecule has 0 bridgehead atoms. The number of hydrogen-bond donors (Lipinski definition) is 0. The molecule has 0 aliphatic carbocycles. The zero-order chi connectivity index (χ0) is 18.5. The van der Waals surface area contributed by atoms with Crippen LogP contribution in [0.5, 0.6) is 0 Å². The van der Waals surface area contributed by atoms with Gasteiger partial charge in [0, 0.05) is 11.4 Å². The molecule has 0 N–H and O–H groups in total. The van der Waals surface area contributed by atoms with Crippen LogP contribution in [-0.4, -0.2) is 22.1 Å². The maximum Gasteiger partial charge on any atom is 0.338 e. The lowest BCUT2D eigenvalue weighted by Gasteiger charge is -2.11. The molecule has 0 radical (unpaired) electrons. The Kier molecular flexibility index (Phi) is 5.94. The Morgan fingerprint density at radius 2 is 2.00 bits per heavy atom. The summed E-state index contributed by atoms with van der Waals surface area (Å²) in [6, 6.07) is 13.4. The first-order valence-corrected chi connectivity index (χ1v) is 9.41. The maximum atomic E-state index is 12.1. The molecule has 0 atom stereocenters. The fraction of sp³-hybridized carbons (Fsp3) is 0.333. The first-order chi connectivity index (χ1) is 12.6. The fourth-order valence-corrected chi connectivity index (χ4v) is 3.21. The monoisotopic (exact) mass is 370 g/mol. The summed E-state index contributed by atoms with van der Waals surface area (Å²) in [7, 11) is 0. The van der Waals surface area contributed by atoms with E-state index in [0.29, 0.717) is 18.7 Å². The Morgan fingerprint density at radius 3 is 2.73 bits per heavy atom. The predicted molar refractivity (Wildman–Crippen MR) is 105 cm³/mol. The van der Waals surface area contributed by atoms with E-state index in [0.717, 1.165) is 46.7 Å². The molecule has 4 nitrogen and oxygen atoms in total. The van der Waals surface area contributed by atoms with E-state index < -0.39 is 0 Å². The number of fused-ring (bicyclic) bond motifs is 1. The minimum Gasteiger partial charge on any atom is -0.462 e. The molecule has 26 heavy (non-hydrogen) atoms. The number of carbonyl (C=O) groups excluding carboxylic acids is 1. The minimum absolute atomic E-state index is 0.310. The summed E-state index contributed by atoms with van der Waals surface area (Å²) in [5.41, 5.74) is 3.40. The largest absolute Gasteiger partial charge is 0.462 e. The van der Waals surface area contributed by atoms with Crippen molar-refractivity contribution in [2.24, 2.45) is 0 Å². The number of imidazole rings is 1. The van der Waals surface area contributed by atoms with E-state index in [1.54, 1.807) is 13.0 Å². The van der Waals surface area contributed by atoms with Gasteiger partial charge >= 0.3 is 5.97 Å². The van der Waals surface area contributed by atoms with Gasteiger partial charge in [0.25, 0.3) is 0 Å². The average molecular weight is 371 g/mol. The van der Waals surface area contributed by atoms with E-state index >= 15 is 0 Å². The first kappa shape index (κ1) is 18.5. The van der Waals surface area contributed by atoms with Crippen LogP contribution in [0.3, 0.4) is 0 Å². The second-order valence-electron chi connectivity index (χ2n) is 6.23. The molecule has 1 aromatic heterocycles. The SMILES string of the molecule is CCCCc1nc2ccc(C(=O)OCC)cc2n1Cc1ccccc1Cl. The van der Waals surface area contributed by atoms with Crippen molar-refractivity contribution in [2.45, 2.75) is 39.7 Å². The van der Waals surface area contributed by atoms with E-state index in [1.165, 1.54) is 0 Å². The number of halogens is 1. The molecule has 0 spiro atoms. The van der Waals surface area contributed by atoms with Crippen molar-refractivity contribution >= 4 is 28.6 Å². The average Bonchev–Trinajstić information content (AvgIpc) is 2.98. The number of hydrogen-bond acceptors (Lipinski definition) is 3. The van der Waals surface area contributed by atoms with Crippen LogP contribution in [0.1, 0.15) is 48.4 Å². The molecule has 0 amide bonds. The predicted octanol–water partition coefficient (Wildman–Crippen LogP) is 5.26. The smallest absolute Gasteiger partial charge is 0.338 e. The summed E-state index contributed by atoms with van der Waals surface area (Å²) in [6.45, 7) is 4.96. The van der Waals surface area contributed by atoms with Gasteiger partial charge in [-0.25, -0.2) is 9.78 Å². The van der Waals surface area contributed by atoms with Crippen LogP contribution in [0.25, 0.3) is 11.0 Å². The summed E-state index contributed by atoms with van der Waals surface area (Å²) in [6.07, 6.45) is 3.06. The molecule has 0 fully saturated rings. The standard InChI is InChI=1S/C21H23ClN2O2/c1-3-5-10-20-23-18-12-11-15(21(25)26-4-2)13-19(18)24(20)14-16-8-6-7-9-17(16)22/h6-9,11-13H,3-5,10,14H2,1-2H3. The molecule has 0 aliphatic heterocycles. The van der Waals surface area contributed by atoms with Crippen molar-refractivity contribution in [1.82, 2.24) is 9.55 Å². The Labute approximate surface area is 158 Å². The summed E-state index contributed by atoms with van der Waals surface area (Å²) >= 11 is 6.36. The summed E-state index contributed by atoms with van der Waals surface area (Å²) in [5.74, 6) is 0.706. The highest BCUT2D eigenvalue weighted by Crippen LogP contribution is 2.24. The molecule has 5 heteroatoms. The van der Waals surface area contributed by atoms with E-state index in [1.807, 2.05) is 36.4 Å². The lowest BCUT2D eigenvalue weighted by atomic mass is 10.2. The number of ether oxygens (including phenoxy) is 1. The molecule has 0 aliphatic rings. The van der Waals surface area contributed by atoms with Gasteiger partial charge in [-0.1, -0.05) is 43.1 Å². The molecule has 136 valence electrons. The topological polar surface area (TPSA) is 44.1 Å². The Morgan fingerprint density at radius 1 is 1.19 bits per heavy atom. The molecular weight excluding hydrogens is 348 g/mol. The number of aryl methyl sites for hydroxylation is 1. The number of benzene rings is 2. The van der Waals surface area contributed by atoms with Gasteiger partial charge in [-0.05, 0) is 43.2 Å². The highest BCUT2D eigenvalue weighted by atomic mass is 35.5. The number of rotatable bonds is 7. The molecule has 0 unspecified atom stereocenters. The molecule has 2 aromatic carbocycles. The second-order valence-corrected chi connectivity index (χ2v) is 6.64. The van der Waals surface area contributed by atoms with Crippen LogP contribution >= 0.6 is 11.6 Å².